The number of rotatable bonds is 7. The summed E-state index contributed by atoms with van der Waals surface area (Å²) >= 11 is 0. The van der Waals surface area contributed by atoms with Gasteiger partial charge in [0, 0.05) is 38.2 Å². The molecule has 0 bridgehead atoms. The largest absolute Gasteiger partial charge is 0.351 e. The first-order valence-corrected chi connectivity index (χ1v) is 11.6. The molecule has 1 aliphatic heterocycles. The summed E-state index contributed by atoms with van der Waals surface area (Å²) < 4.78 is 0. The van der Waals surface area contributed by atoms with Crippen molar-refractivity contribution in [1.29, 1.82) is 0 Å². The molecule has 1 saturated heterocycles. The number of carbonyl (C=O) groups excluding carboxylic acids is 3. The van der Waals surface area contributed by atoms with Crippen molar-refractivity contribution in [3.8, 4) is 0 Å². The Morgan fingerprint density at radius 1 is 1.03 bits per heavy atom. The van der Waals surface area contributed by atoms with Crippen molar-refractivity contribution in [1.82, 2.24) is 15.5 Å². The quantitative estimate of drug-likeness (QED) is 0.604. The van der Waals surface area contributed by atoms with E-state index in [1.807, 2.05) is 55.5 Å². The number of hydrogen-bond donors (Lipinski definition) is 3. The zero-order valence-corrected chi connectivity index (χ0v) is 19.7. The Balaban J connectivity index is 1.52. The smallest absolute Gasteiger partial charge is 0.321 e. The van der Waals surface area contributed by atoms with Crippen LogP contribution < -0.4 is 16.0 Å². The highest BCUT2D eigenvalue weighted by Crippen LogP contribution is 2.18. The van der Waals surface area contributed by atoms with Crippen molar-refractivity contribution in [2.45, 2.75) is 58.5 Å². The van der Waals surface area contributed by atoms with Gasteiger partial charge >= 0.3 is 6.03 Å². The minimum atomic E-state index is -0.628. The van der Waals surface area contributed by atoms with E-state index in [1.54, 1.807) is 4.90 Å². The molecule has 0 aliphatic carbocycles. The fraction of sp³-hybridized carbons (Fsp3) is 0.423. The van der Waals surface area contributed by atoms with Gasteiger partial charge in [-0.05, 0) is 43.4 Å². The molecule has 1 atom stereocenters. The van der Waals surface area contributed by atoms with E-state index >= 15 is 0 Å². The molecule has 1 fully saturated rings. The first-order valence-electron chi connectivity index (χ1n) is 11.6. The number of nitrogens with one attached hydrogen (secondary N) is 3. The van der Waals surface area contributed by atoms with Crippen LogP contribution in [0.3, 0.4) is 0 Å². The van der Waals surface area contributed by atoms with Gasteiger partial charge in [-0.25, -0.2) is 4.79 Å². The number of carbonyl (C=O) groups is 3. The lowest BCUT2D eigenvalue weighted by atomic mass is 10.0. The molecule has 33 heavy (non-hydrogen) atoms. The van der Waals surface area contributed by atoms with E-state index in [1.165, 1.54) is 6.92 Å². The van der Waals surface area contributed by atoms with Crippen molar-refractivity contribution in [2.75, 3.05) is 18.4 Å². The normalized spacial score (nSPS) is 14.9. The maximum Gasteiger partial charge on any atom is 0.321 e. The van der Waals surface area contributed by atoms with Gasteiger partial charge in [-0.2, -0.15) is 0 Å². The monoisotopic (exact) mass is 450 g/mol. The van der Waals surface area contributed by atoms with Crippen LogP contribution in [0, 0.1) is 6.92 Å². The number of aryl methyl sites for hydroxylation is 2. The van der Waals surface area contributed by atoms with E-state index in [9.17, 15) is 14.4 Å². The minimum Gasteiger partial charge on any atom is -0.351 e. The number of benzene rings is 2. The van der Waals surface area contributed by atoms with Gasteiger partial charge in [0.05, 0.1) is 0 Å². The predicted octanol–water partition coefficient (Wildman–Crippen LogP) is 3.42. The van der Waals surface area contributed by atoms with Crippen LogP contribution in [-0.2, 0) is 22.4 Å². The van der Waals surface area contributed by atoms with Crippen molar-refractivity contribution >= 4 is 23.5 Å². The SMILES string of the molecule is CCc1ccccc1NC(=O)N1CCC(NC(=O)C(Cc2ccc(C)cc2)NC(C)=O)CC1. The van der Waals surface area contributed by atoms with Crippen molar-refractivity contribution in [3.63, 3.8) is 0 Å². The van der Waals surface area contributed by atoms with Crippen LogP contribution in [0.25, 0.3) is 0 Å². The zero-order chi connectivity index (χ0) is 23.8. The van der Waals surface area contributed by atoms with Crippen molar-refractivity contribution < 1.29 is 14.4 Å². The van der Waals surface area contributed by atoms with E-state index in [-0.39, 0.29) is 23.9 Å². The molecule has 0 aromatic heterocycles. The average Bonchev–Trinajstić information content (AvgIpc) is 2.80. The zero-order valence-electron chi connectivity index (χ0n) is 19.7. The van der Waals surface area contributed by atoms with Crippen LogP contribution in [0.5, 0.6) is 0 Å². The number of likely N-dealkylation sites (tertiary alicyclic amines) is 1. The van der Waals surface area contributed by atoms with Gasteiger partial charge in [0.25, 0.3) is 0 Å². The van der Waals surface area contributed by atoms with Crippen LogP contribution >= 0.6 is 0 Å². The highest BCUT2D eigenvalue weighted by atomic mass is 16.2. The van der Waals surface area contributed by atoms with E-state index < -0.39 is 6.04 Å². The number of anilines is 1. The van der Waals surface area contributed by atoms with Gasteiger partial charge in [0.2, 0.25) is 11.8 Å². The molecule has 0 radical (unpaired) electrons. The number of urea groups is 1. The Labute approximate surface area is 195 Å². The number of amides is 4. The maximum atomic E-state index is 12.9. The summed E-state index contributed by atoms with van der Waals surface area (Å²) in [6.07, 6.45) is 2.63. The number of para-hydroxylation sites is 1. The Kier molecular flexibility index (Phi) is 8.46. The van der Waals surface area contributed by atoms with Crippen LogP contribution in [0.4, 0.5) is 10.5 Å². The summed E-state index contributed by atoms with van der Waals surface area (Å²) in [5, 5.41) is 8.85. The second-order valence-corrected chi connectivity index (χ2v) is 8.65. The average molecular weight is 451 g/mol. The van der Waals surface area contributed by atoms with E-state index in [4.69, 9.17) is 0 Å². The summed E-state index contributed by atoms with van der Waals surface area (Å²) in [7, 11) is 0. The van der Waals surface area contributed by atoms with E-state index in [0.717, 1.165) is 28.8 Å². The topological polar surface area (TPSA) is 90.5 Å². The summed E-state index contributed by atoms with van der Waals surface area (Å²) in [6.45, 7) is 6.62. The predicted molar refractivity (Wildman–Crippen MR) is 130 cm³/mol. The summed E-state index contributed by atoms with van der Waals surface area (Å²) in [5.41, 5.74) is 4.09. The van der Waals surface area contributed by atoms with Crippen LogP contribution in [0.1, 0.15) is 43.4 Å². The fourth-order valence-corrected chi connectivity index (χ4v) is 4.09. The van der Waals surface area contributed by atoms with Crippen molar-refractivity contribution in [2.24, 2.45) is 0 Å². The first-order chi connectivity index (χ1) is 15.9. The number of nitrogens with zero attached hydrogens (tertiary/aromatic N) is 1. The third-order valence-corrected chi connectivity index (χ3v) is 6.02. The lowest BCUT2D eigenvalue weighted by molar-refractivity contribution is -0.128. The molecule has 4 amide bonds. The standard InChI is InChI=1S/C26H34N4O3/c1-4-21-7-5-6-8-23(21)29-26(33)30-15-13-22(14-16-30)28-25(32)24(27-19(3)31)17-20-11-9-18(2)10-12-20/h5-12,22,24H,4,13-17H2,1-3H3,(H,27,31)(H,28,32)(H,29,33). The van der Waals surface area contributed by atoms with Gasteiger partial charge in [-0.1, -0.05) is 55.0 Å². The molecular weight excluding hydrogens is 416 g/mol. The van der Waals surface area contributed by atoms with Gasteiger partial charge in [-0.15, -0.1) is 0 Å². The van der Waals surface area contributed by atoms with Crippen LogP contribution in [0.2, 0.25) is 0 Å². The molecular formula is C26H34N4O3. The number of piperidine rings is 1. The van der Waals surface area contributed by atoms with Gasteiger partial charge in [-0.3, -0.25) is 9.59 Å². The van der Waals surface area contributed by atoms with Crippen molar-refractivity contribution in [3.05, 3.63) is 65.2 Å². The van der Waals surface area contributed by atoms with Gasteiger partial charge in [0.1, 0.15) is 6.04 Å². The molecule has 2 aromatic rings. The minimum absolute atomic E-state index is 0.0289. The summed E-state index contributed by atoms with van der Waals surface area (Å²) in [5.74, 6) is -0.424. The molecule has 3 rings (SSSR count). The maximum absolute atomic E-state index is 12.9. The second kappa shape index (κ2) is 11.5. The molecule has 176 valence electrons. The Morgan fingerprint density at radius 3 is 2.33 bits per heavy atom. The Morgan fingerprint density at radius 2 is 1.70 bits per heavy atom. The lowest BCUT2D eigenvalue weighted by Crippen LogP contribution is -2.53. The third-order valence-electron chi connectivity index (χ3n) is 6.02. The van der Waals surface area contributed by atoms with Gasteiger partial charge in [0.15, 0.2) is 0 Å². The highest BCUT2D eigenvalue weighted by Gasteiger charge is 2.27. The number of hydrogen-bond acceptors (Lipinski definition) is 3. The van der Waals surface area contributed by atoms with E-state index in [2.05, 4.69) is 22.9 Å². The summed E-state index contributed by atoms with van der Waals surface area (Å²) in [6, 6.07) is 15.0. The molecule has 2 aromatic carbocycles. The van der Waals surface area contributed by atoms with Crippen LogP contribution in [0.15, 0.2) is 48.5 Å². The van der Waals surface area contributed by atoms with Crippen LogP contribution in [-0.4, -0.2) is 47.9 Å². The molecule has 1 heterocycles. The molecule has 1 unspecified atom stereocenters. The Bertz CT molecular complexity index is 966. The third kappa shape index (κ3) is 7.07. The second-order valence-electron chi connectivity index (χ2n) is 8.65. The van der Waals surface area contributed by atoms with Gasteiger partial charge < -0.3 is 20.9 Å². The fourth-order valence-electron chi connectivity index (χ4n) is 4.09. The lowest BCUT2D eigenvalue weighted by Gasteiger charge is -2.33. The molecule has 7 nitrogen and oxygen atoms in total. The molecule has 7 heteroatoms. The molecule has 0 saturated carbocycles. The highest BCUT2D eigenvalue weighted by molar-refractivity contribution is 5.90. The molecule has 3 N–H and O–H groups in total. The Hall–Kier alpha value is -3.35. The summed E-state index contributed by atoms with van der Waals surface area (Å²) in [4.78, 5) is 39.1. The first kappa shape index (κ1) is 24.3. The van der Waals surface area contributed by atoms with E-state index in [0.29, 0.717) is 32.4 Å². The molecule has 0 spiro atoms. The molecule has 1 aliphatic rings.